The minimum Gasteiger partial charge on any atom is -0.493 e. The SMILES string of the molecule is COC(=O)C(=Cc1ccc(OC)c(OC)c1)c1c(C=CC(=O)OC(Cc2ccc(OC)c(OC)c2)C(=O)OC)ccc(OC)c1OC. The Bertz CT molecular complexity index is 1640. The second-order valence-corrected chi connectivity index (χ2v) is 9.60. The normalized spacial score (nSPS) is 11.7. The molecule has 0 spiro atoms. The monoisotopic (exact) mass is 650 g/mol. The minimum absolute atomic E-state index is 0.00870. The highest BCUT2D eigenvalue weighted by Gasteiger charge is 2.26. The van der Waals surface area contributed by atoms with Crippen molar-refractivity contribution in [3.63, 3.8) is 0 Å². The third-order valence-corrected chi connectivity index (χ3v) is 6.96. The lowest BCUT2D eigenvalue weighted by Crippen LogP contribution is -2.30. The predicted octanol–water partition coefficient (Wildman–Crippen LogP) is 4.79. The number of ether oxygens (including phenoxy) is 9. The van der Waals surface area contributed by atoms with Crippen LogP contribution in [0.15, 0.2) is 54.6 Å². The van der Waals surface area contributed by atoms with Gasteiger partial charge in [-0.3, -0.25) is 0 Å². The fraction of sp³-hybridized carbons (Fsp3) is 0.286. The highest BCUT2D eigenvalue weighted by atomic mass is 16.6. The van der Waals surface area contributed by atoms with E-state index in [0.717, 1.165) is 6.08 Å². The molecule has 12 nitrogen and oxygen atoms in total. The van der Waals surface area contributed by atoms with Crippen LogP contribution < -0.4 is 28.4 Å². The van der Waals surface area contributed by atoms with Gasteiger partial charge in [0.1, 0.15) is 0 Å². The molecule has 0 aliphatic rings. The Morgan fingerprint density at radius 2 is 1.26 bits per heavy atom. The van der Waals surface area contributed by atoms with E-state index < -0.39 is 24.0 Å². The van der Waals surface area contributed by atoms with Crippen LogP contribution in [0.2, 0.25) is 0 Å². The Kier molecular flexibility index (Phi) is 13.1. The molecule has 3 aromatic carbocycles. The summed E-state index contributed by atoms with van der Waals surface area (Å²) in [6.07, 6.45) is 2.87. The van der Waals surface area contributed by atoms with Gasteiger partial charge in [0.2, 0.25) is 6.10 Å². The summed E-state index contributed by atoms with van der Waals surface area (Å²) in [5.74, 6) is 0.145. The van der Waals surface area contributed by atoms with Gasteiger partial charge in [-0.2, -0.15) is 0 Å². The van der Waals surface area contributed by atoms with Crippen molar-refractivity contribution >= 4 is 35.6 Å². The van der Waals surface area contributed by atoms with E-state index in [1.54, 1.807) is 54.6 Å². The quantitative estimate of drug-likeness (QED) is 0.0969. The highest BCUT2D eigenvalue weighted by molar-refractivity contribution is 6.23. The van der Waals surface area contributed by atoms with Crippen LogP contribution in [0.5, 0.6) is 34.5 Å². The standard InChI is InChI=1S/C35H38O12/c1-39-25-13-9-21(18-28(25)42-4)17-24(34(37)45-7)32-23(11-15-27(41-3)33(32)44-6)12-16-31(36)47-30(35(38)46-8)20-22-10-14-26(40-2)29(19-22)43-5/h9-19,30H,20H2,1-8H3. The number of rotatable bonds is 15. The molecule has 0 radical (unpaired) electrons. The zero-order valence-electron chi connectivity index (χ0n) is 27.5. The van der Waals surface area contributed by atoms with Crippen LogP contribution in [-0.4, -0.2) is 80.9 Å². The molecular formula is C35H38O12. The first-order chi connectivity index (χ1) is 22.7. The number of benzene rings is 3. The van der Waals surface area contributed by atoms with E-state index in [9.17, 15) is 14.4 Å². The zero-order valence-corrected chi connectivity index (χ0v) is 27.5. The van der Waals surface area contributed by atoms with Gasteiger partial charge in [-0.25, -0.2) is 14.4 Å². The summed E-state index contributed by atoms with van der Waals surface area (Å²) in [7, 11) is 11.3. The van der Waals surface area contributed by atoms with Crippen molar-refractivity contribution in [2.24, 2.45) is 0 Å². The zero-order chi connectivity index (χ0) is 34.5. The van der Waals surface area contributed by atoms with Gasteiger partial charge in [-0.15, -0.1) is 0 Å². The Balaban J connectivity index is 2.05. The molecule has 0 fully saturated rings. The smallest absolute Gasteiger partial charge is 0.347 e. The lowest BCUT2D eigenvalue weighted by Gasteiger charge is -2.18. The lowest BCUT2D eigenvalue weighted by atomic mass is 9.95. The average Bonchev–Trinajstić information content (AvgIpc) is 3.11. The molecule has 0 saturated heterocycles. The van der Waals surface area contributed by atoms with Crippen molar-refractivity contribution in [1.29, 1.82) is 0 Å². The molecule has 0 aliphatic carbocycles. The molecule has 3 rings (SSSR count). The first kappa shape index (κ1) is 35.8. The third-order valence-electron chi connectivity index (χ3n) is 6.96. The molecule has 3 aromatic rings. The van der Waals surface area contributed by atoms with E-state index in [1.165, 1.54) is 63.0 Å². The Morgan fingerprint density at radius 3 is 1.83 bits per heavy atom. The van der Waals surface area contributed by atoms with Gasteiger partial charge in [-0.1, -0.05) is 18.2 Å². The summed E-state index contributed by atoms with van der Waals surface area (Å²) in [5, 5.41) is 0. The molecule has 1 unspecified atom stereocenters. The Labute approximate surface area is 273 Å². The molecule has 12 heteroatoms. The maximum atomic E-state index is 13.2. The highest BCUT2D eigenvalue weighted by Crippen LogP contribution is 2.40. The van der Waals surface area contributed by atoms with Crippen molar-refractivity contribution in [2.45, 2.75) is 12.5 Å². The number of carbonyl (C=O) groups excluding carboxylic acids is 3. The van der Waals surface area contributed by atoms with Crippen LogP contribution in [0.1, 0.15) is 22.3 Å². The molecule has 0 heterocycles. The fourth-order valence-corrected chi connectivity index (χ4v) is 4.67. The van der Waals surface area contributed by atoms with Gasteiger partial charge in [0.25, 0.3) is 0 Å². The molecule has 0 saturated carbocycles. The Morgan fingerprint density at radius 1 is 0.660 bits per heavy atom. The summed E-state index contributed by atoms with van der Waals surface area (Å²) in [4.78, 5) is 38.9. The van der Waals surface area contributed by atoms with Crippen molar-refractivity contribution in [3.05, 3.63) is 76.9 Å². The molecule has 1 atom stereocenters. The van der Waals surface area contributed by atoms with Gasteiger partial charge in [-0.05, 0) is 59.2 Å². The van der Waals surface area contributed by atoms with Gasteiger partial charge >= 0.3 is 17.9 Å². The molecule has 0 aromatic heterocycles. The molecule has 0 bridgehead atoms. The summed E-state index contributed by atoms with van der Waals surface area (Å²) < 4.78 is 48.0. The largest absolute Gasteiger partial charge is 0.493 e. The molecule has 0 amide bonds. The van der Waals surface area contributed by atoms with E-state index in [2.05, 4.69) is 0 Å². The average molecular weight is 651 g/mol. The second kappa shape index (κ2) is 17.2. The first-order valence-electron chi connectivity index (χ1n) is 14.1. The predicted molar refractivity (Wildman–Crippen MR) is 173 cm³/mol. The van der Waals surface area contributed by atoms with E-state index in [4.69, 9.17) is 42.6 Å². The maximum absolute atomic E-state index is 13.2. The number of hydrogen-bond acceptors (Lipinski definition) is 12. The van der Waals surface area contributed by atoms with E-state index in [1.807, 2.05) is 0 Å². The third kappa shape index (κ3) is 8.75. The van der Waals surface area contributed by atoms with Gasteiger partial charge in [0, 0.05) is 18.1 Å². The van der Waals surface area contributed by atoms with Crippen LogP contribution in [-0.2, 0) is 35.0 Å². The van der Waals surface area contributed by atoms with Crippen molar-refractivity contribution in [3.8, 4) is 34.5 Å². The molecular weight excluding hydrogens is 612 g/mol. The van der Waals surface area contributed by atoms with Crippen LogP contribution >= 0.6 is 0 Å². The van der Waals surface area contributed by atoms with Crippen LogP contribution in [0.4, 0.5) is 0 Å². The number of carbonyl (C=O) groups is 3. The first-order valence-corrected chi connectivity index (χ1v) is 14.1. The van der Waals surface area contributed by atoms with Crippen LogP contribution in [0, 0.1) is 0 Å². The molecule has 0 N–H and O–H groups in total. The van der Waals surface area contributed by atoms with Crippen LogP contribution in [0.3, 0.4) is 0 Å². The van der Waals surface area contributed by atoms with Gasteiger partial charge < -0.3 is 42.6 Å². The molecule has 47 heavy (non-hydrogen) atoms. The maximum Gasteiger partial charge on any atom is 0.347 e. The number of hydrogen-bond donors (Lipinski definition) is 0. The molecule has 250 valence electrons. The van der Waals surface area contributed by atoms with Crippen molar-refractivity contribution in [1.82, 2.24) is 0 Å². The second-order valence-electron chi connectivity index (χ2n) is 9.60. The summed E-state index contributed by atoms with van der Waals surface area (Å²) in [6, 6.07) is 13.4. The summed E-state index contributed by atoms with van der Waals surface area (Å²) >= 11 is 0. The van der Waals surface area contributed by atoms with E-state index in [0.29, 0.717) is 45.4 Å². The Hall–Kier alpha value is -5.65. The fourth-order valence-electron chi connectivity index (χ4n) is 4.67. The number of methoxy groups -OCH3 is 8. The van der Waals surface area contributed by atoms with Gasteiger partial charge in [0.15, 0.2) is 34.5 Å². The van der Waals surface area contributed by atoms with Crippen LogP contribution in [0.25, 0.3) is 17.7 Å². The molecule has 0 aliphatic heterocycles. The van der Waals surface area contributed by atoms with Gasteiger partial charge in [0.05, 0.1) is 62.5 Å². The van der Waals surface area contributed by atoms with E-state index in [-0.39, 0.29) is 23.3 Å². The minimum atomic E-state index is -1.27. The summed E-state index contributed by atoms with van der Waals surface area (Å²) in [5.41, 5.74) is 1.96. The van der Waals surface area contributed by atoms with E-state index >= 15 is 0 Å². The number of esters is 3. The van der Waals surface area contributed by atoms with Crippen molar-refractivity contribution in [2.75, 3.05) is 56.9 Å². The summed E-state index contributed by atoms with van der Waals surface area (Å²) in [6.45, 7) is 0. The topological polar surface area (TPSA) is 134 Å². The lowest BCUT2D eigenvalue weighted by molar-refractivity contribution is -0.162. The van der Waals surface area contributed by atoms with Crippen molar-refractivity contribution < 1.29 is 57.0 Å².